The second-order valence-corrected chi connectivity index (χ2v) is 12.0. The first kappa shape index (κ1) is 30.9. The largest absolute Gasteiger partial charge is 0.354 e. The van der Waals surface area contributed by atoms with E-state index in [9.17, 15) is 18.0 Å². The minimum atomic E-state index is -4.08. The molecule has 40 heavy (non-hydrogen) atoms. The molecule has 0 heterocycles. The molecule has 1 unspecified atom stereocenters. The van der Waals surface area contributed by atoms with E-state index in [-0.39, 0.29) is 17.3 Å². The van der Waals surface area contributed by atoms with E-state index in [1.807, 2.05) is 77.1 Å². The number of carbonyl (C=O) groups is 2. The summed E-state index contributed by atoms with van der Waals surface area (Å²) in [4.78, 5) is 28.9. The van der Waals surface area contributed by atoms with Crippen molar-refractivity contribution >= 4 is 27.5 Å². The molecule has 0 aliphatic carbocycles. The van der Waals surface area contributed by atoms with Crippen molar-refractivity contribution in [2.24, 2.45) is 0 Å². The molecule has 0 aliphatic heterocycles. The van der Waals surface area contributed by atoms with E-state index in [0.29, 0.717) is 25.1 Å². The average molecular weight is 564 g/mol. The fourth-order valence-electron chi connectivity index (χ4n) is 4.70. The lowest BCUT2D eigenvalue weighted by atomic mass is 10.1. The smallest absolute Gasteiger partial charge is 0.264 e. The molecule has 0 spiro atoms. The summed E-state index contributed by atoms with van der Waals surface area (Å²) in [6.45, 7) is 9.87. The topological polar surface area (TPSA) is 86.8 Å². The van der Waals surface area contributed by atoms with Crippen LogP contribution in [0.5, 0.6) is 0 Å². The first-order valence-electron chi connectivity index (χ1n) is 13.9. The minimum absolute atomic E-state index is 0.106. The van der Waals surface area contributed by atoms with Gasteiger partial charge in [-0.25, -0.2) is 8.42 Å². The third-order valence-corrected chi connectivity index (χ3v) is 8.70. The van der Waals surface area contributed by atoms with Crippen molar-refractivity contribution in [1.29, 1.82) is 0 Å². The molecule has 3 aromatic rings. The second-order valence-electron chi connectivity index (χ2n) is 10.2. The van der Waals surface area contributed by atoms with Gasteiger partial charge in [0.25, 0.3) is 10.0 Å². The summed E-state index contributed by atoms with van der Waals surface area (Å²) >= 11 is 0. The van der Waals surface area contributed by atoms with Gasteiger partial charge in [-0.3, -0.25) is 13.9 Å². The predicted octanol–water partition coefficient (Wildman–Crippen LogP) is 5.18. The molecule has 0 aliphatic rings. The molecule has 0 saturated heterocycles. The van der Waals surface area contributed by atoms with Crippen LogP contribution in [0.25, 0.3) is 0 Å². The Hall–Kier alpha value is -3.65. The molecule has 8 heteroatoms. The Balaban J connectivity index is 2.03. The van der Waals surface area contributed by atoms with Crippen LogP contribution in [0.4, 0.5) is 5.69 Å². The standard InChI is InChI=1S/C32H41N3O4S/c1-6-20-33-32(37)29(7-2)34(21-19-27-11-9-8-10-12-27)31(36)23-35(30-18-15-25(4)22-26(30)5)40(38,39)28-16-13-24(3)14-17-28/h8-18,22,29H,6-7,19-21,23H2,1-5H3,(H,33,37). The summed E-state index contributed by atoms with van der Waals surface area (Å²) in [5.41, 5.74) is 4.13. The molecule has 3 aromatic carbocycles. The van der Waals surface area contributed by atoms with Crippen LogP contribution in [0.15, 0.2) is 77.7 Å². The number of nitrogens with zero attached hydrogens (tertiary/aromatic N) is 2. The van der Waals surface area contributed by atoms with Gasteiger partial charge in [-0.15, -0.1) is 0 Å². The van der Waals surface area contributed by atoms with E-state index in [2.05, 4.69) is 5.32 Å². The van der Waals surface area contributed by atoms with Gasteiger partial charge in [0.2, 0.25) is 11.8 Å². The molecule has 1 N–H and O–H groups in total. The Labute approximate surface area is 239 Å². The van der Waals surface area contributed by atoms with Crippen molar-refractivity contribution < 1.29 is 18.0 Å². The number of rotatable bonds is 13. The van der Waals surface area contributed by atoms with Gasteiger partial charge in [0.05, 0.1) is 10.6 Å². The molecule has 0 saturated carbocycles. The molecule has 214 valence electrons. The molecule has 7 nitrogen and oxygen atoms in total. The molecule has 0 fully saturated rings. The van der Waals surface area contributed by atoms with Crippen LogP contribution in [0.1, 0.15) is 48.9 Å². The number of nitrogens with one attached hydrogen (secondary N) is 1. The zero-order valence-corrected chi connectivity index (χ0v) is 25.0. The SMILES string of the molecule is CCCNC(=O)C(CC)N(CCc1ccccc1)C(=O)CN(c1ccc(C)cc1C)S(=O)(=O)c1ccc(C)cc1. The quantitative estimate of drug-likeness (QED) is 0.310. The third kappa shape index (κ3) is 7.72. The second kappa shape index (κ2) is 14.1. The average Bonchev–Trinajstić information content (AvgIpc) is 2.93. The monoisotopic (exact) mass is 563 g/mol. The minimum Gasteiger partial charge on any atom is -0.354 e. The molecule has 3 rings (SSSR count). The lowest BCUT2D eigenvalue weighted by molar-refractivity contribution is -0.139. The Morgan fingerprint density at radius 1 is 0.875 bits per heavy atom. The van der Waals surface area contributed by atoms with E-state index in [4.69, 9.17) is 0 Å². The van der Waals surface area contributed by atoms with Crippen molar-refractivity contribution in [3.63, 3.8) is 0 Å². The Morgan fingerprint density at radius 3 is 2.12 bits per heavy atom. The summed E-state index contributed by atoms with van der Waals surface area (Å²) in [6.07, 6.45) is 1.72. The highest BCUT2D eigenvalue weighted by molar-refractivity contribution is 7.92. The van der Waals surface area contributed by atoms with E-state index in [1.165, 1.54) is 4.31 Å². The van der Waals surface area contributed by atoms with Crippen LogP contribution in [-0.4, -0.2) is 50.8 Å². The van der Waals surface area contributed by atoms with Crippen LogP contribution in [0, 0.1) is 20.8 Å². The Kier molecular flexibility index (Phi) is 10.9. The van der Waals surface area contributed by atoms with Crippen molar-refractivity contribution in [2.75, 3.05) is 23.9 Å². The van der Waals surface area contributed by atoms with E-state index in [0.717, 1.165) is 28.7 Å². The van der Waals surface area contributed by atoms with Crippen LogP contribution in [0.3, 0.4) is 0 Å². The lowest BCUT2D eigenvalue weighted by Gasteiger charge is -2.33. The molecular formula is C32H41N3O4S. The van der Waals surface area contributed by atoms with Gasteiger partial charge in [-0.2, -0.15) is 0 Å². The zero-order chi connectivity index (χ0) is 29.3. The first-order valence-corrected chi connectivity index (χ1v) is 15.3. The van der Waals surface area contributed by atoms with Crippen molar-refractivity contribution in [2.45, 2.75) is 64.8 Å². The molecular weight excluding hydrogens is 522 g/mol. The molecule has 0 bridgehead atoms. The molecule has 1 atom stereocenters. The Morgan fingerprint density at radius 2 is 1.52 bits per heavy atom. The van der Waals surface area contributed by atoms with Crippen molar-refractivity contribution in [3.8, 4) is 0 Å². The van der Waals surface area contributed by atoms with Gasteiger partial charge in [-0.1, -0.05) is 79.6 Å². The Bertz CT molecular complexity index is 1390. The normalized spacial score (nSPS) is 12.0. The van der Waals surface area contributed by atoms with Gasteiger partial charge < -0.3 is 10.2 Å². The number of carbonyl (C=O) groups excluding carboxylic acids is 2. The maximum absolute atomic E-state index is 14.1. The van der Waals surface area contributed by atoms with E-state index in [1.54, 1.807) is 35.2 Å². The van der Waals surface area contributed by atoms with Gasteiger partial charge in [-0.05, 0) is 69.4 Å². The first-order chi connectivity index (χ1) is 19.1. The highest BCUT2D eigenvalue weighted by atomic mass is 32.2. The summed E-state index contributed by atoms with van der Waals surface area (Å²) in [6, 6.07) is 21.1. The fraction of sp³-hybridized carbons (Fsp3) is 0.375. The van der Waals surface area contributed by atoms with Crippen LogP contribution >= 0.6 is 0 Å². The molecule has 0 aromatic heterocycles. The zero-order valence-electron chi connectivity index (χ0n) is 24.2. The van der Waals surface area contributed by atoms with Crippen LogP contribution in [0.2, 0.25) is 0 Å². The third-order valence-electron chi connectivity index (χ3n) is 6.93. The number of amides is 2. The number of sulfonamides is 1. The number of hydrogen-bond acceptors (Lipinski definition) is 4. The number of anilines is 1. The highest BCUT2D eigenvalue weighted by Crippen LogP contribution is 2.28. The number of hydrogen-bond donors (Lipinski definition) is 1. The van der Waals surface area contributed by atoms with E-state index >= 15 is 0 Å². The summed E-state index contributed by atoms with van der Waals surface area (Å²) < 4.78 is 29.2. The number of aryl methyl sites for hydroxylation is 3. The lowest BCUT2D eigenvalue weighted by Crippen LogP contribution is -2.53. The van der Waals surface area contributed by atoms with Crippen LogP contribution < -0.4 is 9.62 Å². The van der Waals surface area contributed by atoms with Crippen molar-refractivity contribution in [3.05, 3.63) is 95.1 Å². The maximum Gasteiger partial charge on any atom is 0.264 e. The van der Waals surface area contributed by atoms with Crippen molar-refractivity contribution in [1.82, 2.24) is 10.2 Å². The molecule has 2 amide bonds. The van der Waals surface area contributed by atoms with Gasteiger partial charge >= 0.3 is 0 Å². The van der Waals surface area contributed by atoms with Gasteiger partial charge in [0, 0.05) is 13.1 Å². The molecule has 0 radical (unpaired) electrons. The fourth-order valence-corrected chi connectivity index (χ4v) is 6.18. The summed E-state index contributed by atoms with van der Waals surface area (Å²) in [7, 11) is -4.08. The predicted molar refractivity (Wildman–Crippen MR) is 161 cm³/mol. The van der Waals surface area contributed by atoms with Gasteiger partial charge in [0.15, 0.2) is 0 Å². The maximum atomic E-state index is 14.1. The summed E-state index contributed by atoms with van der Waals surface area (Å²) in [5.74, 6) is -0.657. The van der Waals surface area contributed by atoms with Gasteiger partial charge in [0.1, 0.15) is 12.6 Å². The number of benzene rings is 3. The van der Waals surface area contributed by atoms with E-state index < -0.39 is 28.5 Å². The summed E-state index contributed by atoms with van der Waals surface area (Å²) in [5, 5.41) is 2.91. The highest BCUT2D eigenvalue weighted by Gasteiger charge is 2.33. The van der Waals surface area contributed by atoms with Crippen LogP contribution in [-0.2, 0) is 26.0 Å².